The van der Waals surface area contributed by atoms with Crippen molar-refractivity contribution in [1.82, 2.24) is 10.6 Å². The molecule has 56 heavy (non-hydrogen) atoms. The van der Waals surface area contributed by atoms with Crippen molar-refractivity contribution < 1.29 is 73.8 Å². The molecule has 0 radical (unpaired) electrons. The number of phenols is 1. The molecule has 1 heterocycles. The Kier molecular flexibility index (Phi) is 12.6. The van der Waals surface area contributed by atoms with Crippen LogP contribution in [0.3, 0.4) is 0 Å². The van der Waals surface area contributed by atoms with E-state index in [-0.39, 0.29) is 61.9 Å². The summed E-state index contributed by atoms with van der Waals surface area (Å²) >= 11 is 0. The van der Waals surface area contributed by atoms with Crippen LogP contribution in [0.5, 0.6) is 5.75 Å². The third-order valence-electron chi connectivity index (χ3n) is 13.0. The number of aliphatic hydroxyl groups is 2. The van der Waals surface area contributed by atoms with Crippen molar-refractivity contribution in [3.05, 3.63) is 42.0 Å². The SMILES string of the molecule is C=C1C2CCC3C4(C)CC(OC5O[C@H](CNCCNC(=O)CCc6ccc(O)cc6)[C@@H](OS(=O)(=O)O)C(OS(=O)(=O)O)C5O)CC(C(=O)O)C4CCC3(C2)[C@H]1O. The molecular formula is C36H52N2O16S2. The van der Waals surface area contributed by atoms with Gasteiger partial charge in [0.05, 0.1) is 18.1 Å². The van der Waals surface area contributed by atoms with Gasteiger partial charge in [0.25, 0.3) is 0 Å². The first kappa shape index (κ1) is 42.8. The summed E-state index contributed by atoms with van der Waals surface area (Å²) in [4.78, 5) is 25.2. The molecule has 5 aliphatic rings. The molecule has 1 aromatic carbocycles. The van der Waals surface area contributed by atoms with E-state index in [2.05, 4.69) is 17.2 Å². The Labute approximate surface area is 325 Å². The number of hydrogen-bond donors (Lipinski definition) is 8. The number of carbonyl (C=O) groups is 2. The maximum Gasteiger partial charge on any atom is 0.397 e. The lowest BCUT2D eigenvalue weighted by Gasteiger charge is -2.62. The molecule has 4 aliphatic carbocycles. The van der Waals surface area contributed by atoms with Crippen molar-refractivity contribution in [3.8, 4) is 5.75 Å². The van der Waals surface area contributed by atoms with Crippen molar-refractivity contribution in [2.24, 2.45) is 34.5 Å². The fraction of sp³-hybridized carbons (Fsp3) is 0.722. The number of hydrogen-bond acceptors (Lipinski definition) is 14. The molecule has 2 bridgehead atoms. The van der Waals surface area contributed by atoms with E-state index in [9.17, 15) is 56.0 Å². The smallest absolute Gasteiger partial charge is 0.397 e. The zero-order chi connectivity index (χ0) is 40.8. The van der Waals surface area contributed by atoms with E-state index < -0.39 is 86.4 Å². The first-order valence-corrected chi connectivity index (χ1v) is 21.6. The van der Waals surface area contributed by atoms with Gasteiger partial charge >= 0.3 is 26.8 Å². The van der Waals surface area contributed by atoms with E-state index in [1.54, 1.807) is 12.1 Å². The number of ether oxygens (including phenoxy) is 2. The largest absolute Gasteiger partial charge is 0.508 e. The third kappa shape index (κ3) is 9.10. The van der Waals surface area contributed by atoms with Gasteiger partial charge in [-0.3, -0.25) is 18.7 Å². The summed E-state index contributed by atoms with van der Waals surface area (Å²) in [7, 11) is -10.7. The first-order chi connectivity index (χ1) is 26.2. The Morgan fingerprint density at radius 2 is 1.66 bits per heavy atom. The number of aryl methyl sites for hydroxylation is 1. The van der Waals surface area contributed by atoms with E-state index >= 15 is 0 Å². The number of carboxylic acid groups (broad SMARTS) is 1. The van der Waals surface area contributed by atoms with Gasteiger partial charge in [-0.05, 0) is 97.8 Å². The number of carboxylic acids is 1. The third-order valence-corrected chi connectivity index (χ3v) is 14.0. The van der Waals surface area contributed by atoms with Gasteiger partial charge in [-0.25, -0.2) is 8.37 Å². The van der Waals surface area contributed by atoms with Gasteiger partial charge in [0.1, 0.15) is 30.2 Å². The Balaban J connectivity index is 1.17. The highest BCUT2D eigenvalue weighted by atomic mass is 32.3. The van der Waals surface area contributed by atoms with Gasteiger partial charge in [-0.1, -0.05) is 25.6 Å². The number of aromatic hydroxyl groups is 1. The zero-order valence-electron chi connectivity index (χ0n) is 30.9. The molecule has 6 rings (SSSR count). The Morgan fingerprint density at radius 3 is 2.32 bits per heavy atom. The molecule has 13 atom stereocenters. The quantitative estimate of drug-likeness (QED) is 0.0532. The molecule has 18 nitrogen and oxygen atoms in total. The lowest BCUT2D eigenvalue weighted by molar-refractivity contribution is -0.309. The summed E-state index contributed by atoms with van der Waals surface area (Å²) in [5.41, 5.74) is 0.544. The Morgan fingerprint density at radius 1 is 0.982 bits per heavy atom. The van der Waals surface area contributed by atoms with Crippen LogP contribution in [0.25, 0.3) is 0 Å². The van der Waals surface area contributed by atoms with Crippen LogP contribution < -0.4 is 10.6 Å². The average Bonchev–Trinajstić information content (AvgIpc) is 3.28. The maximum atomic E-state index is 12.8. The molecule has 1 amide bonds. The zero-order valence-corrected chi connectivity index (χ0v) is 32.6. The number of fused-ring (bicyclic) bond motifs is 3. The minimum Gasteiger partial charge on any atom is -0.508 e. The van der Waals surface area contributed by atoms with Crippen LogP contribution in [0, 0.1) is 34.5 Å². The molecule has 8 N–H and O–H groups in total. The van der Waals surface area contributed by atoms with Crippen LogP contribution >= 0.6 is 0 Å². The summed E-state index contributed by atoms with van der Waals surface area (Å²) in [5, 5.41) is 48.4. The van der Waals surface area contributed by atoms with Crippen molar-refractivity contribution in [3.63, 3.8) is 0 Å². The number of rotatable bonds is 15. The van der Waals surface area contributed by atoms with Crippen molar-refractivity contribution in [2.75, 3.05) is 19.6 Å². The van der Waals surface area contributed by atoms with E-state index in [1.807, 2.05) is 6.92 Å². The number of aliphatic hydroxyl groups excluding tert-OH is 2. The molecule has 1 spiro atoms. The van der Waals surface area contributed by atoms with Crippen LogP contribution in [0.1, 0.15) is 63.9 Å². The summed E-state index contributed by atoms with van der Waals surface area (Å²) in [6, 6.07) is 6.40. The van der Waals surface area contributed by atoms with Crippen molar-refractivity contribution in [1.29, 1.82) is 0 Å². The first-order valence-electron chi connectivity index (χ1n) is 18.9. The average molecular weight is 833 g/mol. The molecule has 5 fully saturated rings. The number of benzene rings is 1. The van der Waals surface area contributed by atoms with Gasteiger partial charge < -0.3 is 40.5 Å². The number of amides is 1. The molecule has 1 saturated heterocycles. The molecule has 314 valence electrons. The fourth-order valence-electron chi connectivity index (χ4n) is 10.7. The standard InChI is InChI=1S/C36H52N2O16S2/c1-19-21-6-9-27-35(2)17-23(15-24(33(43)44)25(35)11-12-36(27,16-21)32(19)42)51-34-29(41)31(54-56(48,49)50)30(53-55(45,46)47)26(52-34)18-37-13-14-38-28(40)10-5-20-3-7-22(39)8-4-20/h3-4,7-8,21,23-27,29-32,34,37,39,41-42H,1,5-6,9-18H2,2H3,(H,38,40)(H,43,44)(H,45,46,47)(H,48,49,50)/t21?,23?,24?,25?,26-,27?,29?,30-,31?,32+,34?,35?,36?/m1/s1. The summed E-state index contributed by atoms with van der Waals surface area (Å²) in [5.74, 6) is -2.23. The molecular weight excluding hydrogens is 781 g/mol. The predicted molar refractivity (Wildman–Crippen MR) is 194 cm³/mol. The monoisotopic (exact) mass is 832 g/mol. The molecule has 10 unspecified atom stereocenters. The number of phenolic OH excluding ortho intramolecular Hbond substituents is 1. The molecule has 4 saturated carbocycles. The van der Waals surface area contributed by atoms with Gasteiger partial charge in [0, 0.05) is 31.5 Å². The predicted octanol–water partition coefficient (Wildman–Crippen LogP) is 1.12. The maximum absolute atomic E-state index is 12.8. The molecule has 20 heteroatoms. The summed E-state index contributed by atoms with van der Waals surface area (Å²) < 4.78 is 88.6. The van der Waals surface area contributed by atoms with E-state index in [0.717, 1.165) is 30.4 Å². The summed E-state index contributed by atoms with van der Waals surface area (Å²) in [6.45, 7) is 6.02. The minimum atomic E-state index is -5.38. The lowest BCUT2D eigenvalue weighted by atomic mass is 9.43. The highest BCUT2D eigenvalue weighted by Crippen LogP contribution is 2.70. The van der Waals surface area contributed by atoms with Crippen LogP contribution in [0.2, 0.25) is 0 Å². The van der Waals surface area contributed by atoms with Crippen LogP contribution in [0.15, 0.2) is 36.4 Å². The topological polar surface area (TPSA) is 285 Å². The van der Waals surface area contributed by atoms with Crippen LogP contribution in [0.4, 0.5) is 0 Å². The lowest BCUT2D eigenvalue weighted by Crippen LogP contribution is -2.64. The van der Waals surface area contributed by atoms with E-state index in [4.69, 9.17) is 17.8 Å². The van der Waals surface area contributed by atoms with Crippen molar-refractivity contribution >= 4 is 32.7 Å². The number of nitrogens with one attached hydrogen (secondary N) is 2. The van der Waals surface area contributed by atoms with Gasteiger partial charge in [0.2, 0.25) is 5.91 Å². The molecule has 1 aliphatic heterocycles. The highest BCUT2D eigenvalue weighted by molar-refractivity contribution is 7.81. The normalized spacial score (nSPS) is 38.4. The Hall–Kier alpha value is -2.76. The van der Waals surface area contributed by atoms with E-state index in [0.29, 0.717) is 25.7 Å². The van der Waals surface area contributed by atoms with Gasteiger partial charge in [0.15, 0.2) is 6.29 Å². The molecule has 0 aromatic heterocycles. The van der Waals surface area contributed by atoms with Gasteiger partial charge in [-0.15, -0.1) is 0 Å². The van der Waals surface area contributed by atoms with Gasteiger partial charge in [-0.2, -0.15) is 16.8 Å². The van der Waals surface area contributed by atoms with Crippen LogP contribution in [-0.4, -0.2) is 121 Å². The fourth-order valence-corrected chi connectivity index (χ4v) is 11.8. The number of aliphatic carboxylic acids is 1. The van der Waals surface area contributed by atoms with E-state index in [1.165, 1.54) is 12.1 Å². The number of carbonyl (C=O) groups excluding carboxylic acids is 1. The van der Waals surface area contributed by atoms with Crippen LogP contribution in [-0.2, 0) is 54.6 Å². The Bertz CT molecular complexity index is 1850. The minimum absolute atomic E-state index is 0.00388. The summed E-state index contributed by atoms with van der Waals surface area (Å²) in [6.07, 6.45) is -6.89. The second-order valence-electron chi connectivity index (χ2n) is 16.3. The second-order valence-corrected chi connectivity index (χ2v) is 18.4. The van der Waals surface area contributed by atoms with Crippen molar-refractivity contribution in [2.45, 2.75) is 108 Å². The molecule has 1 aromatic rings. The highest BCUT2D eigenvalue weighted by Gasteiger charge is 2.67. The second kappa shape index (κ2) is 16.5.